The van der Waals surface area contributed by atoms with Crippen LogP contribution in [0.5, 0.6) is 11.5 Å². The SMILES string of the molecule is CCOc1cc(C=Nn2c([C@@H](C)CC)nc3ccc(Br)cc3c2=O)c(Br)cc1OCc1cccc2ccccc12. The number of nitrogens with zero attached hydrogens (tertiary/aromatic N) is 3. The third-order valence-corrected chi connectivity index (χ3v) is 8.00. The normalized spacial score (nSPS) is 12.3. The molecular formula is C32H29Br2N3O3. The van der Waals surface area contributed by atoms with Crippen molar-refractivity contribution in [1.29, 1.82) is 0 Å². The predicted molar refractivity (Wildman–Crippen MR) is 169 cm³/mol. The molecule has 0 aliphatic carbocycles. The van der Waals surface area contributed by atoms with Crippen molar-refractivity contribution < 1.29 is 9.47 Å². The summed E-state index contributed by atoms with van der Waals surface area (Å²) in [6, 6.07) is 23.7. The van der Waals surface area contributed by atoms with Gasteiger partial charge in [0.25, 0.3) is 5.56 Å². The molecule has 1 heterocycles. The molecule has 1 atom stereocenters. The zero-order valence-corrected chi connectivity index (χ0v) is 25.7. The molecule has 6 nitrogen and oxygen atoms in total. The van der Waals surface area contributed by atoms with Crippen molar-refractivity contribution in [2.75, 3.05) is 6.61 Å². The summed E-state index contributed by atoms with van der Waals surface area (Å²) in [7, 11) is 0. The summed E-state index contributed by atoms with van der Waals surface area (Å²) in [4.78, 5) is 18.3. The van der Waals surface area contributed by atoms with Gasteiger partial charge in [0.1, 0.15) is 12.4 Å². The molecule has 0 spiro atoms. The lowest BCUT2D eigenvalue weighted by Crippen LogP contribution is -2.23. The minimum Gasteiger partial charge on any atom is -0.490 e. The molecule has 0 aliphatic heterocycles. The summed E-state index contributed by atoms with van der Waals surface area (Å²) in [5, 5.41) is 7.45. The molecule has 4 aromatic carbocycles. The van der Waals surface area contributed by atoms with Gasteiger partial charge >= 0.3 is 0 Å². The van der Waals surface area contributed by atoms with Crippen LogP contribution in [0.15, 0.2) is 91.6 Å². The summed E-state index contributed by atoms with van der Waals surface area (Å²) in [5.41, 5.74) is 2.28. The highest BCUT2D eigenvalue weighted by Gasteiger charge is 2.16. The van der Waals surface area contributed by atoms with E-state index >= 15 is 0 Å². The van der Waals surface area contributed by atoms with Crippen molar-refractivity contribution in [2.24, 2.45) is 5.10 Å². The minimum absolute atomic E-state index is 0.0465. The van der Waals surface area contributed by atoms with Crippen LogP contribution < -0.4 is 15.0 Å². The molecule has 0 N–H and O–H groups in total. The Hall–Kier alpha value is -3.49. The van der Waals surface area contributed by atoms with Crippen LogP contribution in [-0.2, 0) is 6.61 Å². The molecule has 0 aliphatic rings. The van der Waals surface area contributed by atoms with Gasteiger partial charge in [0, 0.05) is 20.4 Å². The summed E-state index contributed by atoms with van der Waals surface area (Å²) >= 11 is 7.12. The Kier molecular flexibility index (Phi) is 8.66. The van der Waals surface area contributed by atoms with E-state index in [4.69, 9.17) is 14.5 Å². The van der Waals surface area contributed by atoms with E-state index < -0.39 is 0 Å². The molecule has 0 fully saturated rings. The van der Waals surface area contributed by atoms with E-state index in [0.29, 0.717) is 41.4 Å². The molecule has 40 heavy (non-hydrogen) atoms. The monoisotopic (exact) mass is 661 g/mol. The fourth-order valence-corrected chi connectivity index (χ4v) is 5.29. The van der Waals surface area contributed by atoms with Gasteiger partial charge in [-0.25, -0.2) is 4.98 Å². The molecule has 0 radical (unpaired) electrons. The Balaban J connectivity index is 1.50. The Morgan fingerprint density at radius 1 is 0.950 bits per heavy atom. The highest BCUT2D eigenvalue weighted by Crippen LogP contribution is 2.34. The Bertz CT molecular complexity index is 1780. The average molecular weight is 663 g/mol. The summed E-state index contributed by atoms with van der Waals surface area (Å²) in [6.07, 6.45) is 2.48. The molecule has 0 saturated carbocycles. The van der Waals surface area contributed by atoms with E-state index in [1.54, 1.807) is 12.3 Å². The molecule has 0 saturated heterocycles. The van der Waals surface area contributed by atoms with Crippen molar-refractivity contribution in [1.82, 2.24) is 9.66 Å². The third kappa shape index (κ3) is 5.83. The van der Waals surface area contributed by atoms with Crippen molar-refractivity contribution in [3.8, 4) is 11.5 Å². The molecular weight excluding hydrogens is 634 g/mol. The van der Waals surface area contributed by atoms with Crippen LogP contribution in [-0.4, -0.2) is 22.5 Å². The highest BCUT2D eigenvalue weighted by atomic mass is 79.9. The largest absolute Gasteiger partial charge is 0.490 e. The maximum atomic E-state index is 13.5. The lowest BCUT2D eigenvalue weighted by molar-refractivity contribution is 0.270. The maximum absolute atomic E-state index is 13.5. The third-order valence-electron chi connectivity index (χ3n) is 6.82. The second-order valence-electron chi connectivity index (χ2n) is 9.48. The van der Waals surface area contributed by atoms with Crippen LogP contribution in [0.3, 0.4) is 0 Å². The van der Waals surface area contributed by atoms with Gasteiger partial charge in [0.15, 0.2) is 11.5 Å². The molecule has 8 heteroatoms. The first kappa shape index (κ1) is 28.1. The van der Waals surface area contributed by atoms with E-state index in [2.05, 4.69) is 68.2 Å². The van der Waals surface area contributed by atoms with Crippen LogP contribution >= 0.6 is 31.9 Å². The van der Waals surface area contributed by atoms with Gasteiger partial charge in [-0.15, -0.1) is 0 Å². The van der Waals surface area contributed by atoms with Crippen LogP contribution in [0.1, 0.15) is 50.1 Å². The first-order chi connectivity index (χ1) is 19.4. The highest BCUT2D eigenvalue weighted by molar-refractivity contribution is 9.10. The quantitative estimate of drug-likeness (QED) is 0.149. The number of hydrogen-bond donors (Lipinski definition) is 0. The second kappa shape index (κ2) is 12.4. The van der Waals surface area contributed by atoms with Gasteiger partial charge in [0.05, 0.1) is 23.7 Å². The molecule has 0 bridgehead atoms. The van der Waals surface area contributed by atoms with Gasteiger partial charge in [-0.3, -0.25) is 4.79 Å². The summed E-state index contributed by atoms with van der Waals surface area (Å²) in [5.74, 6) is 1.89. The predicted octanol–water partition coefficient (Wildman–Crippen LogP) is 8.45. The molecule has 5 aromatic rings. The Morgan fingerprint density at radius 2 is 1.73 bits per heavy atom. The van der Waals surface area contributed by atoms with Crippen LogP contribution in [0.25, 0.3) is 21.7 Å². The maximum Gasteiger partial charge on any atom is 0.282 e. The van der Waals surface area contributed by atoms with Gasteiger partial charge in [-0.2, -0.15) is 9.78 Å². The number of ether oxygens (including phenoxy) is 2. The van der Waals surface area contributed by atoms with E-state index in [0.717, 1.165) is 31.9 Å². The molecule has 5 rings (SSSR count). The van der Waals surface area contributed by atoms with E-state index in [1.807, 2.05) is 56.3 Å². The molecule has 0 unspecified atom stereocenters. The summed E-state index contributed by atoms with van der Waals surface area (Å²) in [6.45, 7) is 6.92. The van der Waals surface area contributed by atoms with Crippen molar-refractivity contribution >= 4 is 59.7 Å². The topological polar surface area (TPSA) is 65.7 Å². The lowest BCUT2D eigenvalue weighted by Gasteiger charge is -2.15. The number of benzene rings is 4. The number of hydrogen-bond acceptors (Lipinski definition) is 5. The molecule has 1 aromatic heterocycles. The molecule has 204 valence electrons. The smallest absolute Gasteiger partial charge is 0.282 e. The van der Waals surface area contributed by atoms with Crippen LogP contribution in [0.4, 0.5) is 0 Å². The Morgan fingerprint density at radius 3 is 2.52 bits per heavy atom. The zero-order chi connectivity index (χ0) is 28.2. The number of rotatable bonds is 9. The van der Waals surface area contributed by atoms with Crippen LogP contribution in [0, 0.1) is 0 Å². The van der Waals surface area contributed by atoms with Crippen LogP contribution in [0.2, 0.25) is 0 Å². The van der Waals surface area contributed by atoms with E-state index in [9.17, 15) is 4.79 Å². The summed E-state index contributed by atoms with van der Waals surface area (Å²) < 4.78 is 15.2. The second-order valence-corrected chi connectivity index (χ2v) is 11.3. The van der Waals surface area contributed by atoms with E-state index in [1.165, 1.54) is 10.1 Å². The Labute approximate surface area is 249 Å². The van der Waals surface area contributed by atoms with Gasteiger partial charge in [0.2, 0.25) is 0 Å². The van der Waals surface area contributed by atoms with Gasteiger partial charge in [-0.05, 0) is 75.9 Å². The van der Waals surface area contributed by atoms with Crippen molar-refractivity contribution in [3.05, 3.63) is 109 Å². The first-order valence-electron chi connectivity index (χ1n) is 13.2. The first-order valence-corrected chi connectivity index (χ1v) is 14.8. The lowest BCUT2D eigenvalue weighted by atomic mass is 10.1. The zero-order valence-electron chi connectivity index (χ0n) is 22.5. The minimum atomic E-state index is -0.214. The van der Waals surface area contributed by atoms with Gasteiger partial charge in [-0.1, -0.05) is 72.2 Å². The number of aromatic nitrogens is 2. The number of fused-ring (bicyclic) bond motifs is 2. The van der Waals surface area contributed by atoms with E-state index in [-0.39, 0.29) is 11.5 Å². The fourth-order valence-electron chi connectivity index (χ4n) is 4.50. The van der Waals surface area contributed by atoms with Gasteiger partial charge < -0.3 is 9.47 Å². The number of halogens is 2. The van der Waals surface area contributed by atoms with Crippen molar-refractivity contribution in [3.63, 3.8) is 0 Å². The van der Waals surface area contributed by atoms with Crippen molar-refractivity contribution in [2.45, 2.75) is 39.7 Å². The average Bonchev–Trinajstić information content (AvgIpc) is 2.97. The standard InChI is InChI=1S/C32H29Br2N3O3/c1-4-20(3)31-36-28-14-13-24(33)16-26(28)32(38)37(31)35-18-23-15-29(39-5-2)30(17-27(23)34)40-19-22-11-8-10-21-9-6-7-12-25(21)22/h6-18,20H,4-5,19H2,1-3H3/t20-/m0/s1. The molecule has 0 amide bonds. The fraction of sp³-hybridized carbons (Fsp3) is 0.219.